The second-order valence-electron chi connectivity index (χ2n) is 5.85. The number of aromatic nitrogens is 2. The minimum absolute atomic E-state index is 0.685. The topological polar surface area (TPSA) is 40.7 Å². The van der Waals surface area contributed by atoms with Crippen molar-refractivity contribution in [3.63, 3.8) is 0 Å². The zero-order chi connectivity index (χ0) is 13.2. The largest absolute Gasteiger partial charge is 0.342 e. The summed E-state index contributed by atoms with van der Waals surface area (Å²) in [6, 6.07) is 5.08. The number of hydrogen-bond acceptors (Lipinski definition) is 2. The van der Waals surface area contributed by atoms with E-state index in [1.807, 2.05) is 0 Å². The SMILES string of the molecule is Cc1cc(C)c2nc(CCC3CCCCN3)[nH]c2c1. The van der Waals surface area contributed by atoms with Gasteiger partial charge in [0.1, 0.15) is 5.82 Å². The van der Waals surface area contributed by atoms with Crippen LogP contribution in [-0.2, 0) is 6.42 Å². The first-order valence-electron chi connectivity index (χ1n) is 7.41. The second-order valence-corrected chi connectivity index (χ2v) is 5.85. The van der Waals surface area contributed by atoms with Crippen molar-refractivity contribution in [2.45, 2.75) is 52.0 Å². The molecule has 0 bridgehead atoms. The zero-order valence-electron chi connectivity index (χ0n) is 11.9. The summed E-state index contributed by atoms with van der Waals surface area (Å²) in [4.78, 5) is 8.23. The molecule has 3 heteroatoms. The molecule has 19 heavy (non-hydrogen) atoms. The number of fused-ring (bicyclic) bond motifs is 1. The van der Waals surface area contributed by atoms with Crippen molar-refractivity contribution >= 4 is 11.0 Å². The molecule has 1 unspecified atom stereocenters. The van der Waals surface area contributed by atoms with Crippen molar-refractivity contribution in [2.24, 2.45) is 0 Å². The summed E-state index contributed by atoms with van der Waals surface area (Å²) in [5.74, 6) is 1.14. The van der Waals surface area contributed by atoms with E-state index in [4.69, 9.17) is 4.98 Å². The average Bonchev–Trinajstić information content (AvgIpc) is 2.81. The van der Waals surface area contributed by atoms with Crippen molar-refractivity contribution in [2.75, 3.05) is 6.54 Å². The van der Waals surface area contributed by atoms with Gasteiger partial charge in [-0.1, -0.05) is 12.5 Å². The molecule has 1 atom stereocenters. The van der Waals surface area contributed by atoms with E-state index in [2.05, 4.69) is 36.3 Å². The number of nitrogens with zero attached hydrogens (tertiary/aromatic N) is 1. The van der Waals surface area contributed by atoms with Gasteiger partial charge in [0, 0.05) is 12.5 Å². The van der Waals surface area contributed by atoms with Crippen LogP contribution in [0.2, 0.25) is 0 Å². The van der Waals surface area contributed by atoms with Gasteiger partial charge in [0.05, 0.1) is 11.0 Å². The number of benzene rings is 1. The number of H-pyrrole nitrogens is 1. The molecular weight excluding hydrogens is 234 g/mol. The maximum atomic E-state index is 4.75. The predicted molar refractivity (Wildman–Crippen MR) is 79.5 cm³/mol. The highest BCUT2D eigenvalue weighted by molar-refractivity contribution is 5.79. The highest BCUT2D eigenvalue weighted by Crippen LogP contribution is 2.19. The van der Waals surface area contributed by atoms with Gasteiger partial charge in [-0.05, 0) is 56.8 Å². The fraction of sp³-hybridized carbons (Fsp3) is 0.562. The molecule has 0 spiro atoms. The molecule has 2 N–H and O–H groups in total. The van der Waals surface area contributed by atoms with Gasteiger partial charge in [0.25, 0.3) is 0 Å². The summed E-state index contributed by atoms with van der Waals surface area (Å²) in [5.41, 5.74) is 4.89. The Bertz CT molecular complexity index is 565. The molecule has 2 aromatic rings. The first-order valence-corrected chi connectivity index (χ1v) is 7.41. The van der Waals surface area contributed by atoms with Crippen LogP contribution in [0.1, 0.15) is 42.6 Å². The van der Waals surface area contributed by atoms with E-state index in [0.717, 1.165) is 17.8 Å². The van der Waals surface area contributed by atoms with Crippen LogP contribution >= 0.6 is 0 Å². The summed E-state index contributed by atoms with van der Waals surface area (Å²) < 4.78 is 0. The van der Waals surface area contributed by atoms with Crippen molar-refractivity contribution in [3.8, 4) is 0 Å². The highest BCUT2D eigenvalue weighted by Gasteiger charge is 2.13. The standard InChI is InChI=1S/C16H23N3/c1-11-9-12(2)16-14(10-11)18-15(19-16)7-6-13-5-3-4-8-17-13/h9-10,13,17H,3-8H2,1-2H3,(H,18,19). The summed E-state index contributed by atoms with van der Waals surface area (Å²) in [5, 5.41) is 3.60. The van der Waals surface area contributed by atoms with Crippen LogP contribution in [0.3, 0.4) is 0 Å². The number of aryl methyl sites for hydroxylation is 3. The Labute approximate surface area is 114 Å². The van der Waals surface area contributed by atoms with E-state index in [1.54, 1.807) is 0 Å². The second kappa shape index (κ2) is 5.33. The molecule has 0 saturated carbocycles. The molecule has 0 amide bonds. The lowest BCUT2D eigenvalue weighted by Gasteiger charge is -2.22. The fourth-order valence-electron chi connectivity index (χ4n) is 3.12. The van der Waals surface area contributed by atoms with Crippen LogP contribution in [0.15, 0.2) is 12.1 Å². The minimum Gasteiger partial charge on any atom is -0.342 e. The Morgan fingerprint density at radius 1 is 1.26 bits per heavy atom. The van der Waals surface area contributed by atoms with Gasteiger partial charge in [-0.3, -0.25) is 0 Å². The van der Waals surface area contributed by atoms with Gasteiger partial charge in [-0.15, -0.1) is 0 Å². The molecule has 1 aromatic heterocycles. The van der Waals surface area contributed by atoms with E-state index >= 15 is 0 Å². The Hall–Kier alpha value is -1.35. The Kier molecular flexibility index (Phi) is 3.56. The molecule has 3 rings (SSSR count). The lowest BCUT2D eigenvalue weighted by atomic mass is 10.0. The average molecular weight is 257 g/mol. The zero-order valence-corrected chi connectivity index (χ0v) is 11.9. The molecule has 1 aliphatic rings. The molecule has 0 radical (unpaired) electrons. The van der Waals surface area contributed by atoms with Crippen LogP contribution in [0.4, 0.5) is 0 Å². The highest BCUT2D eigenvalue weighted by atomic mass is 14.9. The molecule has 1 aliphatic heterocycles. The summed E-state index contributed by atoms with van der Waals surface area (Å²) in [6.07, 6.45) is 6.26. The minimum atomic E-state index is 0.685. The maximum absolute atomic E-state index is 4.75. The van der Waals surface area contributed by atoms with Gasteiger partial charge < -0.3 is 10.3 Å². The fourth-order valence-corrected chi connectivity index (χ4v) is 3.12. The first-order chi connectivity index (χ1) is 9.22. The van der Waals surface area contributed by atoms with Crippen LogP contribution in [0.25, 0.3) is 11.0 Å². The van der Waals surface area contributed by atoms with Crippen LogP contribution in [0.5, 0.6) is 0 Å². The number of nitrogens with one attached hydrogen (secondary N) is 2. The van der Waals surface area contributed by atoms with Gasteiger partial charge in [0.15, 0.2) is 0 Å². The van der Waals surface area contributed by atoms with Gasteiger partial charge >= 0.3 is 0 Å². The third-order valence-corrected chi connectivity index (χ3v) is 4.11. The van der Waals surface area contributed by atoms with Crippen molar-refractivity contribution in [1.82, 2.24) is 15.3 Å². The van der Waals surface area contributed by atoms with Crippen molar-refractivity contribution < 1.29 is 0 Å². The summed E-state index contributed by atoms with van der Waals surface area (Å²) >= 11 is 0. The molecule has 102 valence electrons. The lowest BCUT2D eigenvalue weighted by Crippen LogP contribution is -2.34. The van der Waals surface area contributed by atoms with Gasteiger partial charge in [0.2, 0.25) is 0 Å². The monoisotopic (exact) mass is 257 g/mol. The van der Waals surface area contributed by atoms with Crippen LogP contribution in [0, 0.1) is 13.8 Å². The quantitative estimate of drug-likeness (QED) is 0.886. The number of rotatable bonds is 3. The van der Waals surface area contributed by atoms with Gasteiger partial charge in [-0.25, -0.2) is 4.98 Å². The summed E-state index contributed by atoms with van der Waals surface area (Å²) in [6.45, 7) is 5.46. The van der Waals surface area contributed by atoms with E-state index in [0.29, 0.717) is 6.04 Å². The van der Waals surface area contributed by atoms with Crippen molar-refractivity contribution in [3.05, 3.63) is 29.1 Å². The number of piperidine rings is 1. The maximum Gasteiger partial charge on any atom is 0.107 e. The van der Waals surface area contributed by atoms with E-state index in [-0.39, 0.29) is 0 Å². The first kappa shape index (κ1) is 12.7. The predicted octanol–water partition coefficient (Wildman–Crippen LogP) is 3.25. The van der Waals surface area contributed by atoms with E-state index in [9.17, 15) is 0 Å². The van der Waals surface area contributed by atoms with E-state index < -0.39 is 0 Å². The third kappa shape index (κ3) is 2.81. The third-order valence-electron chi connectivity index (χ3n) is 4.11. The summed E-state index contributed by atoms with van der Waals surface area (Å²) in [7, 11) is 0. The molecular formula is C16H23N3. The molecule has 3 nitrogen and oxygen atoms in total. The molecule has 1 aromatic carbocycles. The number of hydrogen-bond donors (Lipinski definition) is 2. The molecule has 2 heterocycles. The molecule has 1 fully saturated rings. The number of imidazole rings is 1. The Morgan fingerprint density at radius 3 is 2.95 bits per heavy atom. The molecule has 1 saturated heterocycles. The Morgan fingerprint density at radius 2 is 2.16 bits per heavy atom. The molecule has 0 aliphatic carbocycles. The smallest absolute Gasteiger partial charge is 0.107 e. The Balaban J connectivity index is 1.72. The number of aromatic amines is 1. The lowest BCUT2D eigenvalue weighted by molar-refractivity contribution is 0.381. The van der Waals surface area contributed by atoms with Crippen LogP contribution < -0.4 is 5.32 Å². The van der Waals surface area contributed by atoms with Gasteiger partial charge in [-0.2, -0.15) is 0 Å². The normalized spacial score (nSPS) is 20.0. The van der Waals surface area contributed by atoms with E-state index in [1.165, 1.54) is 48.9 Å². The van der Waals surface area contributed by atoms with Crippen molar-refractivity contribution in [1.29, 1.82) is 0 Å². The van der Waals surface area contributed by atoms with Crippen LogP contribution in [-0.4, -0.2) is 22.6 Å².